The Morgan fingerprint density at radius 2 is 1.87 bits per heavy atom. The average molecular weight is 308 g/mol. The Bertz CT molecular complexity index is 972. The van der Waals surface area contributed by atoms with Crippen molar-refractivity contribution in [2.45, 2.75) is 13.5 Å². The molecule has 23 heavy (non-hydrogen) atoms. The number of aromatic nitrogens is 4. The lowest BCUT2D eigenvalue weighted by atomic mass is 10.1. The molecule has 0 radical (unpaired) electrons. The fourth-order valence-electron chi connectivity index (χ4n) is 2.60. The summed E-state index contributed by atoms with van der Waals surface area (Å²) < 4.78 is 20.5. The van der Waals surface area contributed by atoms with Crippen molar-refractivity contribution in [2.75, 3.05) is 0 Å². The lowest BCUT2D eigenvalue weighted by Crippen LogP contribution is -1.95. The SMILES string of the molecule is CCn1nnc2ccc(-c3ocnc3-c3ccc(F)cc3)cc21. The maximum absolute atomic E-state index is 13.1. The molecule has 4 aromatic rings. The summed E-state index contributed by atoms with van der Waals surface area (Å²) in [6.45, 7) is 2.75. The summed E-state index contributed by atoms with van der Waals surface area (Å²) in [7, 11) is 0. The number of benzene rings is 2. The van der Waals surface area contributed by atoms with Crippen LogP contribution in [-0.2, 0) is 6.54 Å². The van der Waals surface area contributed by atoms with Crippen LogP contribution in [0.1, 0.15) is 6.92 Å². The van der Waals surface area contributed by atoms with Crippen LogP contribution in [0.4, 0.5) is 4.39 Å². The van der Waals surface area contributed by atoms with E-state index < -0.39 is 0 Å². The molecule has 2 heterocycles. The van der Waals surface area contributed by atoms with Gasteiger partial charge < -0.3 is 4.42 Å². The molecular formula is C17H13FN4O. The highest BCUT2D eigenvalue weighted by atomic mass is 19.1. The number of aryl methyl sites for hydroxylation is 1. The van der Waals surface area contributed by atoms with Crippen LogP contribution in [0.3, 0.4) is 0 Å². The summed E-state index contributed by atoms with van der Waals surface area (Å²) in [5, 5.41) is 8.23. The zero-order valence-electron chi connectivity index (χ0n) is 12.4. The van der Waals surface area contributed by atoms with E-state index in [0.29, 0.717) is 11.5 Å². The first-order valence-electron chi connectivity index (χ1n) is 7.29. The van der Waals surface area contributed by atoms with Crippen molar-refractivity contribution >= 4 is 11.0 Å². The van der Waals surface area contributed by atoms with Gasteiger partial charge in [0.2, 0.25) is 0 Å². The summed E-state index contributed by atoms with van der Waals surface area (Å²) in [6.07, 6.45) is 1.40. The predicted molar refractivity (Wildman–Crippen MR) is 84.1 cm³/mol. The lowest BCUT2D eigenvalue weighted by molar-refractivity contribution is 0.572. The minimum Gasteiger partial charge on any atom is -0.443 e. The molecule has 0 aliphatic carbocycles. The van der Waals surface area contributed by atoms with Gasteiger partial charge >= 0.3 is 0 Å². The van der Waals surface area contributed by atoms with E-state index in [9.17, 15) is 4.39 Å². The van der Waals surface area contributed by atoms with Crippen molar-refractivity contribution < 1.29 is 8.81 Å². The van der Waals surface area contributed by atoms with Gasteiger partial charge in [0.25, 0.3) is 0 Å². The van der Waals surface area contributed by atoms with Crippen molar-refractivity contribution in [1.82, 2.24) is 20.0 Å². The maximum Gasteiger partial charge on any atom is 0.182 e. The summed E-state index contributed by atoms with van der Waals surface area (Å²) in [6, 6.07) is 12.0. The molecule has 0 fully saturated rings. The Kier molecular flexibility index (Phi) is 3.15. The molecule has 6 heteroatoms. The molecule has 0 saturated heterocycles. The van der Waals surface area contributed by atoms with Gasteiger partial charge in [0.1, 0.15) is 17.0 Å². The van der Waals surface area contributed by atoms with E-state index in [1.807, 2.05) is 29.8 Å². The van der Waals surface area contributed by atoms with E-state index in [1.54, 1.807) is 12.1 Å². The van der Waals surface area contributed by atoms with Crippen LogP contribution >= 0.6 is 0 Å². The summed E-state index contributed by atoms with van der Waals surface area (Å²) >= 11 is 0. The zero-order chi connectivity index (χ0) is 15.8. The van der Waals surface area contributed by atoms with Crippen LogP contribution in [0, 0.1) is 5.82 Å². The molecule has 5 nitrogen and oxygen atoms in total. The fraction of sp³-hybridized carbons (Fsp3) is 0.118. The van der Waals surface area contributed by atoms with Gasteiger partial charge in [-0.05, 0) is 49.4 Å². The van der Waals surface area contributed by atoms with Crippen LogP contribution in [0.25, 0.3) is 33.6 Å². The molecule has 4 rings (SSSR count). The lowest BCUT2D eigenvalue weighted by Gasteiger charge is -2.03. The molecule has 2 aromatic carbocycles. The third-order valence-electron chi connectivity index (χ3n) is 3.76. The molecule has 0 saturated carbocycles. The van der Waals surface area contributed by atoms with Crippen LogP contribution in [0.2, 0.25) is 0 Å². The van der Waals surface area contributed by atoms with Crippen molar-refractivity contribution in [3.63, 3.8) is 0 Å². The second-order valence-electron chi connectivity index (χ2n) is 5.15. The number of oxazole rings is 1. The van der Waals surface area contributed by atoms with Gasteiger partial charge in [0.05, 0.1) is 5.52 Å². The molecule has 0 bridgehead atoms. The van der Waals surface area contributed by atoms with E-state index in [-0.39, 0.29) is 5.82 Å². The van der Waals surface area contributed by atoms with Crippen LogP contribution in [0.15, 0.2) is 53.3 Å². The van der Waals surface area contributed by atoms with Gasteiger partial charge in [-0.3, -0.25) is 0 Å². The number of halogens is 1. The van der Waals surface area contributed by atoms with Gasteiger partial charge in [-0.1, -0.05) is 5.21 Å². The quantitative estimate of drug-likeness (QED) is 0.576. The Morgan fingerprint density at radius 1 is 1.09 bits per heavy atom. The predicted octanol–water partition coefficient (Wildman–Crippen LogP) is 3.91. The molecule has 0 aliphatic heterocycles. The number of nitrogens with zero attached hydrogens (tertiary/aromatic N) is 4. The third kappa shape index (κ3) is 2.28. The van der Waals surface area contributed by atoms with Crippen molar-refractivity contribution in [3.8, 4) is 22.6 Å². The van der Waals surface area contributed by atoms with E-state index >= 15 is 0 Å². The fourth-order valence-corrected chi connectivity index (χ4v) is 2.60. The van der Waals surface area contributed by atoms with Gasteiger partial charge in [-0.2, -0.15) is 0 Å². The molecule has 0 atom stereocenters. The van der Waals surface area contributed by atoms with Gasteiger partial charge in [0.15, 0.2) is 12.2 Å². The van der Waals surface area contributed by atoms with E-state index in [1.165, 1.54) is 18.5 Å². The molecule has 0 unspecified atom stereocenters. The Morgan fingerprint density at radius 3 is 2.65 bits per heavy atom. The topological polar surface area (TPSA) is 56.7 Å². The minimum absolute atomic E-state index is 0.280. The summed E-state index contributed by atoms with van der Waals surface area (Å²) in [5.74, 6) is 0.362. The highest BCUT2D eigenvalue weighted by Gasteiger charge is 2.15. The van der Waals surface area contributed by atoms with E-state index in [2.05, 4.69) is 15.3 Å². The first-order valence-corrected chi connectivity index (χ1v) is 7.29. The first kappa shape index (κ1) is 13.6. The monoisotopic (exact) mass is 308 g/mol. The largest absolute Gasteiger partial charge is 0.443 e. The van der Waals surface area contributed by atoms with Gasteiger partial charge in [-0.15, -0.1) is 5.10 Å². The number of hydrogen-bond acceptors (Lipinski definition) is 4. The zero-order valence-corrected chi connectivity index (χ0v) is 12.4. The first-order chi connectivity index (χ1) is 11.3. The average Bonchev–Trinajstić information content (AvgIpc) is 3.21. The number of rotatable bonds is 3. The van der Waals surface area contributed by atoms with Crippen LogP contribution in [0.5, 0.6) is 0 Å². The normalized spacial score (nSPS) is 11.2. The molecule has 0 spiro atoms. The second kappa shape index (κ2) is 5.31. The van der Waals surface area contributed by atoms with Gasteiger partial charge in [-0.25, -0.2) is 14.1 Å². The standard InChI is InChI=1S/C17H13FN4O/c1-2-22-15-9-12(5-8-14(15)20-21-22)17-16(19-10-23-17)11-3-6-13(18)7-4-11/h3-10H,2H2,1H3. The van der Waals surface area contributed by atoms with E-state index in [4.69, 9.17) is 4.42 Å². The number of hydrogen-bond donors (Lipinski definition) is 0. The second-order valence-corrected chi connectivity index (χ2v) is 5.15. The molecule has 2 aromatic heterocycles. The highest BCUT2D eigenvalue weighted by Crippen LogP contribution is 2.32. The molecule has 0 amide bonds. The molecule has 0 N–H and O–H groups in total. The maximum atomic E-state index is 13.1. The smallest absolute Gasteiger partial charge is 0.182 e. The van der Waals surface area contributed by atoms with Crippen molar-refractivity contribution in [3.05, 3.63) is 54.7 Å². The van der Waals surface area contributed by atoms with E-state index in [0.717, 1.165) is 28.7 Å². The summed E-state index contributed by atoms with van der Waals surface area (Å²) in [4.78, 5) is 4.28. The van der Waals surface area contributed by atoms with Crippen LogP contribution < -0.4 is 0 Å². The Hall–Kier alpha value is -3.02. The number of fused-ring (bicyclic) bond motifs is 1. The van der Waals surface area contributed by atoms with Crippen LogP contribution in [-0.4, -0.2) is 20.0 Å². The van der Waals surface area contributed by atoms with Gasteiger partial charge in [0, 0.05) is 17.7 Å². The molecule has 0 aliphatic rings. The Balaban J connectivity index is 1.85. The minimum atomic E-state index is -0.280. The third-order valence-corrected chi connectivity index (χ3v) is 3.76. The highest BCUT2D eigenvalue weighted by molar-refractivity contribution is 5.84. The Labute approximate surface area is 131 Å². The molecular weight excluding hydrogens is 295 g/mol. The molecule has 114 valence electrons. The van der Waals surface area contributed by atoms with Crippen molar-refractivity contribution in [2.24, 2.45) is 0 Å². The summed E-state index contributed by atoms with van der Waals surface area (Å²) in [5.41, 5.74) is 4.13. The van der Waals surface area contributed by atoms with Crippen molar-refractivity contribution in [1.29, 1.82) is 0 Å².